The maximum absolute atomic E-state index is 14.3. The monoisotopic (exact) mass is 683 g/mol. The van der Waals surface area contributed by atoms with Crippen LogP contribution < -0.4 is 19.1 Å². The van der Waals surface area contributed by atoms with E-state index in [9.17, 15) is 18.0 Å². The summed E-state index contributed by atoms with van der Waals surface area (Å²) < 4.78 is 39.9. The fraction of sp³-hybridized carbons (Fsp3) is 0.355. The van der Waals surface area contributed by atoms with Gasteiger partial charge in [0.05, 0.1) is 24.8 Å². The van der Waals surface area contributed by atoms with Gasteiger partial charge in [-0.2, -0.15) is 0 Å². The average Bonchev–Trinajstić information content (AvgIpc) is 3.00. The van der Waals surface area contributed by atoms with Gasteiger partial charge in [0.15, 0.2) is 11.5 Å². The number of benzene rings is 3. The molecule has 0 saturated heterocycles. The van der Waals surface area contributed by atoms with E-state index in [0.29, 0.717) is 32.8 Å². The SMILES string of the molecule is CC[C@H](C)NC(=O)[C@H](CC)N(Cc1c(Cl)cccc1Cl)C(=O)CN(c1ccc(Cl)cc1)S(=O)(=O)c1ccc(OC)c(OC)c1. The highest BCUT2D eigenvalue weighted by atomic mass is 35.5. The third-order valence-electron chi connectivity index (χ3n) is 7.11. The summed E-state index contributed by atoms with van der Waals surface area (Å²) in [5, 5.41) is 3.92. The molecule has 0 radical (unpaired) electrons. The molecule has 44 heavy (non-hydrogen) atoms. The summed E-state index contributed by atoms with van der Waals surface area (Å²) in [5.74, 6) is -0.495. The molecule has 0 fully saturated rings. The molecule has 9 nitrogen and oxygen atoms in total. The second kappa shape index (κ2) is 15.7. The Labute approximate surface area is 274 Å². The lowest BCUT2D eigenvalue weighted by atomic mass is 10.1. The van der Waals surface area contributed by atoms with Crippen LogP contribution in [0.4, 0.5) is 5.69 Å². The van der Waals surface area contributed by atoms with Crippen molar-refractivity contribution in [2.24, 2.45) is 0 Å². The summed E-state index contributed by atoms with van der Waals surface area (Å²) in [7, 11) is -1.54. The molecule has 3 aromatic carbocycles. The van der Waals surface area contributed by atoms with Gasteiger partial charge in [0, 0.05) is 39.3 Å². The maximum atomic E-state index is 14.3. The van der Waals surface area contributed by atoms with Gasteiger partial charge < -0.3 is 19.7 Å². The number of nitrogens with one attached hydrogen (secondary N) is 1. The number of sulfonamides is 1. The van der Waals surface area contributed by atoms with Crippen LogP contribution in [0.3, 0.4) is 0 Å². The third kappa shape index (κ3) is 8.29. The molecule has 0 bridgehead atoms. The van der Waals surface area contributed by atoms with Crippen molar-refractivity contribution in [2.75, 3.05) is 25.1 Å². The second-order valence-corrected chi connectivity index (χ2v) is 13.1. The lowest BCUT2D eigenvalue weighted by molar-refractivity contribution is -0.140. The minimum absolute atomic E-state index is 0.130. The van der Waals surface area contributed by atoms with Gasteiger partial charge in [0.25, 0.3) is 10.0 Å². The Morgan fingerprint density at radius 3 is 2.05 bits per heavy atom. The lowest BCUT2D eigenvalue weighted by Crippen LogP contribution is -2.53. The molecule has 1 N–H and O–H groups in total. The van der Waals surface area contributed by atoms with E-state index in [1.54, 1.807) is 25.1 Å². The Balaban J connectivity index is 2.13. The molecule has 0 heterocycles. The van der Waals surface area contributed by atoms with E-state index in [-0.39, 0.29) is 41.2 Å². The molecule has 3 aromatic rings. The van der Waals surface area contributed by atoms with Crippen molar-refractivity contribution < 1.29 is 27.5 Å². The van der Waals surface area contributed by atoms with Gasteiger partial charge in [-0.25, -0.2) is 8.42 Å². The summed E-state index contributed by atoms with van der Waals surface area (Å²) >= 11 is 19.0. The number of nitrogens with zero attached hydrogens (tertiary/aromatic N) is 2. The lowest BCUT2D eigenvalue weighted by Gasteiger charge is -2.34. The molecule has 2 atom stereocenters. The number of hydrogen-bond acceptors (Lipinski definition) is 6. The number of anilines is 1. The van der Waals surface area contributed by atoms with E-state index in [4.69, 9.17) is 44.3 Å². The molecule has 238 valence electrons. The van der Waals surface area contributed by atoms with Crippen molar-refractivity contribution in [3.05, 3.63) is 81.3 Å². The first-order valence-corrected chi connectivity index (χ1v) is 16.5. The summed E-state index contributed by atoms with van der Waals surface area (Å²) in [6.07, 6.45) is 0.930. The molecule has 0 aliphatic carbocycles. The van der Waals surface area contributed by atoms with Crippen molar-refractivity contribution in [1.29, 1.82) is 0 Å². The van der Waals surface area contributed by atoms with Crippen molar-refractivity contribution in [3.8, 4) is 11.5 Å². The van der Waals surface area contributed by atoms with Gasteiger partial charge in [-0.15, -0.1) is 0 Å². The van der Waals surface area contributed by atoms with Gasteiger partial charge in [0.1, 0.15) is 12.6 Å². The predicted octanol–water partition coefficient (Wildman–Crippen LogP) is 6.58. The molecule has 0 unspecified atom stereocenters. The van der Waals surface area contributed by atoms with Crippen molar-refractivity contribution in [1.82, 2.24) is 10.2 Å². The summed E-state index contributed by atoms with van der Waals surface area (Å²) in [6, 6.07) is 14.0. The number of ether oxygens (including phenoxy) is 2. The van der Waals surface area contributed by atoms with Crippen LogP contribution in [0, 0.1) is 0 Å². The van der Waals surface area contributed by atoms with Crippen LogP contribution in [0.25, 0.3) is 0 Å². The number of carbonyl (C=O) groups is 2. The Bertz CT molecular complexity index is 1550. The fourth-order valence-electron chi connectivity index (χ4n) is 4.45. The highest BCUT2D eigenvalue weighted by Crippen LogP contribution is 2.33. The summed E-state index contributed by atoms with van der Waals surface area (Å²) in [6.45, 7) is 4.79. The number of amides is 2. The summed E-state index contributed by atoms with van der Waals surface area (Å²) in [5.41, 5.74) is 0.616. The number of rotatable bonds is 14. The van der Waals surface area contributed by atoms with Crippen molar-refractivity contribution in [2.45, 2.75) is 57.1 Å². The summed E-state index contributed by atoms with van der Waals surface area (Å²) in [4.78, 5) is 28.9. The van der Waals surface area contributed by atoms with Crippen LogP contribution in [0.5, 0.6) is 11.5 Å². The van der Waals surface area contributed by atoms with Gasteiger partial charge in [0.2, 0.25) is 11.8 Å². The van der Waals surface area contributed by atoms with Crippen LogP contribution in [0.1, 0.15) is 39.2 Å². The molecule has 3 rings (SSSR count). The van der Waals surface area contributed by atoms with E-state index in [2.05, 4.69) is 5.32 Å². The van der Waals surface area contributed by atoms with Gasteiger partial charge in [-0.1, -0.05) is 54.7 Å². The molecule has 0 aliphatic rings. The highest BCUT2D eigenvalue weighted by Gasteiger charge is 2.35. The van der Waals surface area contributed by atoms with Crippen molar-refractivity contribution >= 4 is 62.3 Å². The first-order chi connectivity index (χ1) is 20.9. The topological polar surface area (TPSA) is 105 Å². The first kappa shape index (κ1) is 35.3. The standard InChI is InChI=1S/C31H36Cl3N3O6S/c1-6-20(3)35-31(39)27(7-2)36(18-24-25(33)9-8-10-26(24)34)30(38)19-37(22-13-11-21(32)12-14-22)44(40,41)23-15-16-28(42-4)29(17-23)43-5/h8-17,20,27H,6-7,18-19H2,1-5H3,(H,35,39)/t20-,27-/m0/s1. The van der Waals surface area contributed by atoms with Crippen LogP contribution in [0.2, 0.25) is 15.1 Å². The highest BCUT2D eigenvalue weighted by molar-refractivity contribution is 7.92. The molecule has 0 aromatic heterocycles. The molecule has 2 amide bonds. The Hall–Kier alpha value is -3.18. The zero-order chi connectivity index (χ0) is 32.6. The van der Waals surface area contributed by atoms with Gasteiger partial charge in [-0.3, -0.25) is 13.9 Å². The van der Waals surface area contributed by atoms with Crippen LogP contribution in [0.15, 0.2) is 65.6 Å². The molecule has 0 spiro atoms. The minimum Gasteiger partial charge on any atom is -0.493 e. The largest absolute Gasteiger partial charge is 0.493 e. The second-order valence-electron chi connectivity index (χ2n) is 9.97. The minimum atomic E-state index is -4.36. The molecule has 0 saturated carbocycles. The molecule has 0 aliphatic heterocycles. The molecular formula is C31H36Cl3N3O6S. The van der Waals surface area contributed by atoms with E-state index in [0.717, 1.165) is 4.31 Å². The molecular weight excluding hydrogens is 649 g/mol. The van der Waals surface area contributed by atoms with E-state index in [1.165, 1.54) is 61.6 Å². The maximum Gasteiger partial charge on any atom is 0.264 e. The van der Waals surface area contributed by atoms with Crippen LogP contribution in [-0.2, 0) is 26.2 Å². The van der Waals surface area contributed by atoms with Crippen LogP contribution >= 0.6 is 34.8 Å². The number of hydrogen-bond donors (Lipinski definition) is 1. The molecule has 13 heteroatoms. The average molecular weight is 685 g/mol. The zero-order valence-corrected chi connectivity index (χ0v) is 28.2. The van der Waals surface area contributed by atoms with E-state index >= 15 is 0 Å². The number of methoxy groups -OCH3 is 2. The van der Waals surface area contributed by atoms with Gasteiger partial charge in [-0.05, 0) is 68.3 Å². The predicted molar refractivity (Wildman–Crippen MR) is 175 cm³/mol. The fourth-order valence-corrected chi connectivity index (χ4v) is 6.53. The van der Waals surface area contributed by atoms with Gasteiger partial charge >= 0.3 is 0 Å². The first-order valence-electron chi connectivity index (χ1n) is 13.9. The zero-order valence-electron chi connectivity index (χ0n) is 25.1. The van der Waals surface area contributed by atoms with E-state index in [1.807, 2.05) is 13.8 Å². The number of halogens is 3. The Morgan fingerprint density at radius 2 is 1.50 bits per heavy atom. The number of carbonyl (C=O) groups excluding carboxylic acids is 2. The van der Waals surface area contributed by atoms with Crippen LogP contribution in [-0.4, -0.2) is 58.0 Å². The normalized spacial score (nSPS) is 12.6. The quantitative estimate of drug-likeness (QED) is 0.206. The third-order valence-corrected chi connectivity index (χ3v) is 9.84. The Morgan fingerprint density at radius 1 is 0.886 bits per heavy atom. The van der Waals surface area contributed by atoms with Crippen molar-refractivity contribution in [3.63, 3.8) is 0 Å². The smallest absolute Gasteiger partial charge is 0.264 e. The van der Waals surface area contributed by atoms with E-state index < -0.39 is 28.5 Å². The Kier molecular flexibility index (Phi) is 12.6.